The monoisotopic (exact) mass is 276 g/mol. The first-order valence-corrected chi connectivity index (χ1v) is 6.45. The molecule has 0 saturated heterocycles. The molecule has 2 aromatic rings. The first-order chi connectivity index (χ1) is 9.20. The normalized spacial score (nSPS) is 11.7. The van der Waals surface area contributed by atoms with Crippen molar-refractivity contribution in [3.63, 3.8) is 0 Å². The van der Waals surface area contributed by atoms with E-state index in [9.17, 15) is 4.79 Å². The van der Waals surface area contributed by atoms with Gasteiger partial charge in [-0.05, 0) is 12.3 Å². The zero-order valence-electron chi connectivity index (χ0n) is 12.8. The summed E-state index contributed by atoms with van der Waals surface area (Å²) in [4.78, 5) is 12.3. The smallest absolute Gasteiger partial charge is 0.348 e. The summed E-state index contributed by atoms with van der Waals surface area (Å²) in [5, 5.41) is 8.32. The highest BCUT2D eigenvalue weighted by Gasteiger charge is 2.25. The summed E-state index contributed by atoms with van der Waals surface area (Å²) in [5.74, 6) is 0.0652. The minimum atomic E-state index is -0.412. The van der Waals surface area contributed by atoms with E-state index in [1.807, 2.05) is 0 Å². The van der Waals surface area contributed by atoms with Crippen LogP contribution in [-0.2, 0) is 19.5 Å². The molecule has 0 amide bonds. The van der Waals surface area contributed by atoms with Gasteiger partial charge in [-0.25, -0.2) is 9.48 Å². The number of ether oxygens (including phenoxy) is 1. The minimum absolute atomic E-state index is 0.145. The predicted molar refractivity (Wildman–Crippen MR) is 74.8 cm³/mol. The van der Waals surface area contributed by atoms with Gasteiger partial charge in [0.25, 0.3) is 0 Å². The number of hydrogen-bond acceptors (Lipinski definition) is 4. The van der Waals surface area contributed by atoms with E-state index >= 15 is 0 Å². The van der Waals surface area contributed by atoms with Gasteiger partial charge in [0.2, 0.25) is 5.88 Å². The first kappa shape index (κ1) is 14.3. The highest BCUT2D eigenvalue weighted by molar-refractivity contribution is 5.91. The van der Waals surface area contributed by atoms with Gasteiger partial charge < -0.3 is 4.74 Å². The molecule has 0 fully saturated rings. The molecule has 20 heavy (non-hydrogen) atoms. The second-order valence-corrected chi connectivity index (χ2v) is 5.93. The maximum absolute atomic E-state index is 12.3. The van der Waals surface area contributed by atoms with Crippen molar-refractivity contribution in [1.29, 1.82) is 0 Å². The van der Waals surface area contributed by atoms with Crippen molar-refractivity contribution in [2.45, 2.75) is 33.1 Å². The van der Waals surface area contributed by atoms with Gasteiger partial charge in [-0.2, -0.15) is 10.2 Å². The van der Waals surface area contributed by atoms with Gasteiger partial charge in [-0.15, -0.1) is 0 Å². The van der Waals surface area contributed by atoms with Gasteiger partial charge in [0, 0.05) is 25.9 Å². The van der Waals surface area contributed by atoms with Crippen LogP contribution in [0.2, 0.25) is 0 Å². The summed E-state index contributed by atoms with van der Waals surface area (Å²) in [6.07, 6.45) is 3.39. The van der Waals surface area contributed by atoms with E-state index in [-0.39, 0.29) is 5.41 Å². The molecule has 0 spiro atoms. The highest BCUT2D eigenvalue weighted by Crippen LogP contribution is 2.31. The van der Waals surface area contributed by atoms with Crippen LogP contribution < -0.4 is 4.74 Å². The van der Waals surface area contributed by atoms with Crippen molar-refractivity contribution in [3.8, 4) is 5.88 Å². The van der Waals surface area contributed by atoms with E-state index in [2.05, 4.69) is 31.0 Å². The fourth-order valence-corrected chi connectivity index (χ4v) is 2.00. The SMILES string of the molecule is Cc1nn(C)cc1C(=O)Oc1c(C(C)(C)C)cnn1C. The van der Waals surface area contributed by atoms with Crippen molar-refractivity contribution in [2.75, 3.05) is 0 Å². The highest BCUT2D eigenvalue weighted by atomic mass is 16.5. The lowest BCUT2D eigenvalue weighted by Gasteiger charge is -2.18. The molecule has 2 aromatic heterocycles. The van der Waals surface area contributed by atoms with Crippen molar-refractivity contribution in [1.82, 2.24) is 19.6 Å². The van der Waals surface area contributed by atoms with Crippen LogP contribution in [0, 0.1) is 6.92 Å². The first-order valence-electron chi connectivity index (χ1n) is 6.45. The fraction of sp³-hybridized carbons (Fsp3) is 0.500. The molecule has 0 unspecified atom stereocenters. The molecule has 0 aliphatic carbocycles. The molecule has 0 aromatic carbocycles. The second-order valence-electron chi connectivity index (χ2n) is 5.93. The molecule has 6 nitrogen and oxygen atoms in total. The molecule has 0 saturated carbocycles. The van der Waals surface area contributed by atoms with Gasteiger partial charge >= 0.3 is 5.97 Å². The van der Waals surface area contributed by atoms with Crippen LogP contribution in [0.15, 0.2) is 12.4 Å². The molecular weight excluding hydrogens is 256 g/mol. The van der Waals surface area contributed by atoms with E-state index in [0.29, 0.717) is 17.1 Å². The number of aromatic nitrogens is 4. The number of carbonyl (C=O) groups is 1. The Hall–Kier alpha value is -2.11. The van der Waals surface area contributed by atoms with Crippen LogP contribution in [0.3, 0.4) is 0 Å². The molecule has 6 heteroatoms. The third-order valence-electron chi connectivity index (χ3n) is 3.12. The second kappa shape index (κ2) is 4.77. The molecular formula is C14H20N4O2. The number of esters is 1. The predicted octanol–water partition coefficient (Wildman–Crippen LogP) is 1.98. The van der Waals surface area contributed by atoms with Gasteiger partial charge in [-0.1, -0.05) is 20.8 Å². The Balaban J connectivity index is 2.33. The molecule has 0 aliphatic heterocycles. The summed E-state index contributed by atoms with van der Waals surface area (Å²) < 4.78 is 8.70. The Bertz CT molecular complexity index is 647. The van der Waals surface area contributed by atoms with Crippen molar-refractivity contribution in [3.05, 3.63) is 29.2 Å². The Morgan fingerprint density at radius 3 is 2.45 bits per heavy atom. The Kier molecular flexibility index (Phi) is 3.41. The van der Waals surface area contributed by atoms with Gasteiger partial charge in [-0.3, -0.25) is 4.68 Å². The van der Waals surface area contributed by atoms with Crippen LogP contribution >= 0.6 is 0 Å². The zero-order valence-corrected chi connectivity index (χ0v) is 12.8. The molecule has 0 atom stereocenters. The van der Waals surface area contributed by atoms with E-state index in [0.717, 1.165) is 5.56 Å². The number of carbonyl (C=O) groups excluding carboxylic acids is 1. The molecule has 2 rings (SSSR count). The van der Waals surface area contributed by atoms with Crippen LogP contribution in [0.1, 0.15) is 42.4 Å². The van der Waals surface area contributed by atoms with Crippen LogP contribution in [0.4, 0.5) is 0 Å². The quantitative estimate of drug-likeness (QED) is 0.787. The summed E-state index contributed by atoms with van der Waals surface area (Å²) >= 11 is 0. The minimum Gasteiger partial charge on any atom is -0.404 e. The van der Waals surface area contributed by atoms with E-state index in [1.54, 1.807) is 42.8 Å². The van der Waals surface area contributed by atoms with Gasteiger partial charge in [0.15, 0.2) is 0 Å². The van der Waals surface area contributed by atoms with E-state index in [4.69, 9.17) is 4.74 Å². The topological polar surface area (TPSA) is 61.9 Å². The lowest BCUT2D eigenvalue weighted by molar-refractivity contribution is 0.0716. The Labute approximate surface area is 118 Å². The van der Waals surface area contributed by atoms with Gasteiger partial charge in [0.05, 0.1) is 11.9 Å². The molecule has 0 N–H and O–H groups in total. The largest absolute Gasteiger partial charge is 0.404 e. The molecule has 0 aliphatic rings. The van der Waals surface area contributed by atoms with Crippen LogP contribution in [0.25, 0.3) is 0 Å². The summed E-state index contributed by atoms with van der Waals surface area (Å²) in [7, 11) is 3.53. The Morgan fingerprint density at radius 1 is 1.30 bits per heavy atom. The lowest BCUT2D eigenvalue weighted by Crippen LogP contribution is -2.17. The lowest BCUT2D eigenvalue weighted by atomic mass is 9.89. The molecule has 2 heterocycles. The van der Waals surface area contributed by atoms with Crippen molar-refractivity contribution < 1.29 is 9.53 Å². The van der Waals surface area contributed by atoms with Gasteiger partial charge in [0.1, 0.15) is 5.56 Å². The summed E-state index contributed by atoms with van der Waals surface area (Å²) in [5.41, 5.74) is 1.87. The van der Waals surface area contributed by atoms with Crippen molar-refractivity contribution >= 4 is 5.97 Å². The Morgan fingerprint density at radius 2 is 1.95 bits per heavy atom. The fourth-order valence-electron chi connectivity index (χ4n) is 2.00. The average molecular weight is 276 g/mol. The average Bonchev–Trinajstić information content (AvgIpc) is 2.82. The zero-order chi connectivity index (χ0) is 15.1. The number of rotatable bonds is 2. The number of nitrogens with zero attached hydrogens (tertiary/aromatic N) is 4. The summed E-state index contributed by atoms with van der Waals surface area (Å²) in [6.45, 7) is 7.94. The molecule has 108 valence electrons. The molecule has 0 radical (unpaired) electrons. The van der Waals surface area contributed by atoms with E-state index in [1.165, 1.54) is 0 Å². The molecule has 0 bridgehead atoms. The third kappa shape index (κ3) is 2.59. The number of hydrogen-bond donors (Lipinski definition) is 0. The standard InChI is InChI=1S/C14H20N4O2/c1-9-10(8-17(5)16-9)13(19)20-12-11(14(2,3)4)7-15-18(12)6/h7-8H,1-6H3. The van der Waals surface area contributed by atoms with Crippen LogP contribution in [-0.4, -0.2) is 25.5 Å². The third-order valence-corrected chi connectivity index (χ3v) is 3.12. The van der Waals surface area contributed by atoms with Crippen LogP contribution in [0.5, 0.6) is 5.88 Å². The van der Waals surface area contributed by atoms with E-state index < -0.39 is 5.97 Å². The maximum Gasteiger partial charge on any atom is 0.348 e. The summed E-state index contributed by atoms with van der Waals surface area (Å²) in [6, 6.07) is 0. The number of aryl methyl sites for hydroxylation is 3. The van der Waals surface area contributed by atoms with Crippen molar-refractivity contribution in [2.24, 2.45) is 14.1 Å². The maximum atomic E-state index is 12.3.